The highest BCUT2D eigenvalue weighted by Gasteiger charge is 2.12. The van der Waals surface area contributed by atoms with E-state index in [1.807, 2.05) is 11.3 Å². The first kappa shape index (κ1) is 15.7. The van der Waals surface area contributed by atoms with Gasteiger partial charge in [0.25, 0.3) is 0 Å². The number of aryl methyl sites for hydroxylation is 1. The van der Waals surface area contributed by atoms with E-state index < -0.39 is 0 Å². The lowest BCUT2D eigenvalue weighted by molar-refractivity contribution is 0.476. The first-order valence-electron chi connectivity index (χ1n) is 7.63. The molecule has 0 aliphatic heterocycles. The fourth-order valence-electron chi connectivity index (χ4n) is 2.21. The molecule has 1 heterocycles. The highest BCUT2D eigenvalue weighted by molar-refractivity contribution is 7.12. The van der Waals surface area contributed by atoms with Crippen molar-refractivity contribution in [3.05, 3.63) is 21.9 Å². The van der Waals surface area contributed by atoms with Crippen molar-refractivity contribution in [1.29, 1.82) is 0 Å². The Balaban J connectivity index is 2.48. The predicted molar refractivity (Wildman–Crippen MR) is 83.5 cm³/mol. The SMILES string of the molecule is CCCCCCC(NCCC)c1ccc(CC)s1. The first-order chi connectivity index (χ1) is 8.81. The highest BCUT2D eigenvalue weighted by atomic mass is 32.1. The lowest BCUT2D eigenvalue weighted by atomic mass is 10.1. The quantitative estimate of drug-likeness (QED) is 0.566. The lowest BCUT2D eigenvalue weighted by Crippen LogP contribution is -2.21. The van der Waals surface area contributed by atoms with Crippen molar-refractivity contribution in [2.24, 2.45) is 0 Å². The smallest absolute Gasteiger partial charge is 0.0414 e. The van der Waals surface area contributed by atoms with Gasteiger partial charge < -0.3 is 5.32 Å². The number of unbranched alkanes of at least 4 members (excludes halogenated alkanes) is 3. The Hall–Kier alpha value is -0.340. The average molecular weight is 267 g/mol. The minimum Gasteiger partial charge on any atom is -0.309 e. The van der Waals surface area contributed by atoms with Crippen LogP contribution in [0.15, 0.2) is 12.1 Å². The van der Waals surface area contributed by atoms with Gasteiger partial charge in [0.2, 0.25) is 0 Å². The van der Waals surface area contributed by atoms with Crippen LogP contribution in [0.3, 0.4) is 0 Å². The standard InChI is InChI=1S/C16H29NS/c1-4-7-8-9-10-15(17-13-5-2)16-12-11-14(6-3)18-16/h11-12,15,17H,4-10,13H2,1-3H3. The summed E-state index contributed by atoms with van der Waals surface area (Å²) in [6.07, 6.45) is 9.13. The van der Waals surface area contributed by atoms with Gasteiger partial charge in [-0.05, 0) is 37.9 Å². The van der Waals surface area contributed by atoms with E-state index in [2.05, 4.69) is 38.2 Å². The van der Waals surface area contributed by atoms with E-state index >= 15 is 0 Å². The summed E-state index contributed by atoms with van der Waals surface area (Å²) < 4.78 is 0. The Labute approximate surface area is 117 Å². The van der Waals surface area contributed by atoms with E-state index in [1.165, 1.54) is 54.7 Å². The molecule has 1 unspecified atom stereocenters. The maximum absolute atomic E-state index is 3.71. The van der Waals surface area contributed by atoms with E-state index in [9.17, 15) is 0 Å². The summed E-state index contributed by atoms with van der Waals surface area (Å²) in [4.78, 5) is 3.05. The average Bonchev–Trinajstić information content (AvgIpc) is 2.86. The summed E-state index contributed by atoms with van der Waals surface area (Å²) in [6, 6.07) is 5.22. The molecule has 0 aromatic carbocycles. The number of thiophene rings is 1. The molecule has 0 saturated carbocycles. The third-order valence-corrected chi connectivity index (χ3v) is 4.70. The van der Waals surface area contributed by atoms with Gasteiger partial charge >= 0.3 is 0 Å². The van der Waals surface area contributed by atoms with Crippen molar-refractivity contribution >= 4 is 11.3 Å². The van der Waals surface area contributed by atoms with E-state index in [4.69, 9.17) is 0 Å². The molecule has 0 aliphatic rings. The van der Waals surface area contributed by atoms with Crippen LogP contribution in [0.5, 0.6) is 0 Å². The summed E-state index contributed by atoms with van der Waals surface area (Å²) in [6.45, 7) is 7.90. The summed E-state index contributed by atoms with van der Waals surface area (Å²) in [7, 11) is 0. The van der Waals surface area contributed by atoms with Crippen molar-refractivity contribution in [2.75, 3.05) is 6.54 Å². The fourth-order valence-corrected chi connectivity index (χ4v) is 3.27. The van der Waals surface area contributed by atoms with Crippen LogP contribution in [-0.4, -0.2) is 6.54 Å². The summed E-state index contributed by atoms with van der Waals surface area (Å²) in [5.74, 6) is 0. The molecule has 0 fully saturated rings. The Morgan fingerprint density at radius 3 is 2.50 bits per heavy atom. The van der Waals surface area contributed by atoms with Gasteiger partial charge in [0.05, 0.1) is 0 Å². The van der Waals surface area contributed by atoms with Crippen molar-refractivity contribution in [3.8, 4) is 0 Å². The molecule has 0 saturated heterocycles. The normalized spacial score (nSPS) is 12.8. The van der Waals surface area contributed by atoms with Crippen LogP contribution < -0.4 is 5.32 Å². The van der Waals surface area contributed by atoms with E-state index in [-0.39, 0.29) is 0 Å². The van der Waals surface area contributed by atoms with E-state index in [0.29, 0.717) is 6.04 Å². The van der Waals surface area contributed by atoms with Gasteiger partial charge in [-0.25, -0.2) is 0 Å². The number of hydrogen-bond acceptors (Lipinski definition) is 2. The predicted octanol–water partition coefficient (Wildman–Crippen LogP) is 5.32. The second-order valence-electron chi connectivity index (χ2n) is 5.01. The molecule has 1 atom stereocenters. The summed E-state index contributed by atoms with van der Waals surface area (Å²) >= 11 is 1.99. The molecule has 0 aliphatic carbocycles. The number of hydrogen-bond donors (Lipinski definition) is 1. The minimum atomic E-state index is 0.590. The summed E-state index contributed by atoms with van der Waals surface area (Å²) in [5.41, 5.74) is 0. The molecule has 1 nitrogen and oxygen atoms in total. The van der Waals surface area contributed by atoms with Crippen LogP contribution in [0.25, 0.3) is 0 Å². The van der Waals surface area contributed by atoms with Crippen molar-refractivity contribution in [1.82, 2.24) is 5.32 Å². The minimum absolute atomic E-state index is 0.590. The molecule has 1 aromatic rings. The molecule has 1 rings (SSSR count). The molecule has 104 valence electrons. The van der Waals surface area contributed by atoms with Crippen LogP contribution in [0.1, 0.15) is 75.1 Å². The van der Waals surface area contributed by atoms with Crippen molar-refractivity contribution < 1.29 is 0 Å². The molecule has 1 aromatic heterocycles. The largest absolute Gasteiger partial charge is 0.309 e. The second-order valence-corrected chi connectivity index (χ2v) is 6.21. The zero-order chi connectivity index (χ0) is 13.2. The van der Waals surface area contributed by atoms with Gasteiger partial charge in [-0.1, -0.05) is 46.5 Å². The Morgan fingerprint density at radius 1 is 1.06 bits per heavy atom. The summed E-state index contributed by atoms with van der Waals surface area (Å²) in [5, 5.41) is 3.71. The zero-order valence-electron chi connectivity index (χ0n) is 12.3. The van der Waals surface area contributed by atoms with Crippen LogP contribution in [-0.2, 0) is 6.42 Å². The molecule has 0 amide bonds. The van der Waals surface area contributed by atoms with Crippen LogP contribution in [0, 0.1) is 0 Å². The van der Waals surface area contributed by atoms with Crippen molar-refractivity contribution in [3.63, 3.8) is 0 Å². The van der Waals surface area contributed by atoms with Gasteiger partial charge in [0.15, 0.2) is 0 Å². The Kier molecular flexibility index (Phi) is 8.36. The van der Waals surface area contributed by atoms with Crippen LogP contribution in [0.4, 0.5) is 0 Å². The molecule has 0 bridgehead atoms. The molecule has 1 N–H and O–H groups in total. The van der Waals surface area contributed by atoms with Gasteiger partial charge in [-0.15, -0.1) is 11.3 Å². The van der Waals surface area contributed by atoms with Gasteiger partial charge in [-0.3, -0.25) is 0 Å². The van der Waals surface area contributed by atoms with Gasteiger partial charge in [-0.2, -0.15) is 0 Å². The van der Waals surface area contributed by atoms with Crippen LogP contribution >= 0.6 is 11.3 Å². The molecule has 0 radical (unpaired) electrons. The number of rotatable bonds is 10. The third kappa shape index (κ3) is 5.53. The maximum atomic E-state index is 3.71. The molecule has 18 heavy (non-hydrogen) atoms. The second kappa shape index (κ2) is 9.57. The first-order valence-corrected chi connectivity index (χ1v) is 8.45. The zero-order valence-corrected chi connectivity index (χ0v) is 13.1. The Morgan fingerprint density at radius 2 is 1.89 bits per heavy atom. The topological polar surface area (TPSA) is 12.0 Å². The number of nitrogens with one attached hydrogen (secondary N) is 1. The molecule has 2 heteroatoms. The van der Waals surface area contributed by atoms with Crippen molar-refractivity contribution in [2.45, 2.75) is 71.8 Å². The van der Waals surface area contributed by atoms with Crippen LogP contribution in [0.2, 0.25) is 0 Å². The Bertz CT molecular complexity index is 306. The van der Waals surface area contributed by atoms with E-state index in [0.717, 1.165) is 6.54 Å². The molecular formula is C16H29NS. The highest BCUT2D eigenvalue weighted by Crippen LogP contribution is 2.27. The molecule has 0 spiro atoms. The van der Waals surface area contributed by atoms with Gasteiger partial charge in [0, 0.05) is 15.8 Å². The maximum Gasteiger partial charge on any atom is 0.0414 e. The lowest BCUT2D eigenvalue weighted by Gasteiger charge is -2.17. The van der Waals surface area contributed by atoms with Gasteiger partial charge in [0.1, 0.15) is 0 Å². The third-order valence-electron chi connectivity index (χ3n) is 3.36. The fraction of sp³-hybridized carbons (Fsp3) is 0.750. The monoisotopic (exact) mass is 267 g/mol. The van der Waals surface area contributed by atoms with E-state index in [1.54, 1.807) is 0 Å². The molecular weight excluding hydrogens is 238 g/mol.